The third kappa shape index (κ3) is 4.42. The van der Waals surface area contributed by atoms with Crippen LogP contribution >= 0.6 is 7.14 Å². The summed E-state index contributed by atoms with van der Waals surface area (Å²) in [6.45, 7) is 0. The molecular formula is C52H33N4OP. The maximum Gasteiger partial charge on any atom is 0.171 e. The lowest BCUT2D eigenvalue weighted by atomic mass is 9.62. The van der Waals surface area contributed by atoms with Crippen molar-refractivity contribution >= 4 is 44.9 Å². The van der Waals surface area contributed by atoms with E-state index in [1.54, 1.807) is 0 Å². The van der Waals surface area contributed by atoms with Gasteiger partial charge in [0.25, 0.3) is 0 Å². The van der Waals surface area contributed by atoms with Crippen LogP contribution in [0.4, 0.5) is 0 Å². The summed E-state index contributed by atoms with van der Waals surface area (Å²) in [4.78, 5) is 15.3. The van der Waals surface area contributed by atoms with Crippen LogP contribution in [0, 0.1) is 0 Å². The Hall–Kier alpha value is -7.20. The van der Waals surface area contributed by atoms with E-state index in [9.17, 15) is 0 Å². The normalized spacial score (nSPS) is 17.5. The number of benzene rings is 8. The van der Waals surface area contributed by atoms with Crippen LogP contribution in [-0.2, 0) is 9.98 Å². The van der Waals surface area contributed by atoms with Crippen molar-refractivity contribution in [3.8, 4) is 39.9 Å². The molecule has 0 aliphatic carbocycles. The molecule has 2 unspecified atom stereocenters. The van der Waals surface area contributed by atoms with E-state index < -0.39 is 12.6 Å². The van der Waals surface area contributed by atoms with Crippen molar-refractivity contribution in [2.24, 2.45) is 0 Å². The number of nitrogens with zero attached hydrogens (tertiary/aromatic N) is 4. The highest BCUT2D eigenvalue weighted by atomic mass is 31.2. The summed E-state index contributed by atoms with van der Waals surface area (Å²) < 4.78 is 19.0. The standard InChI is InChI=1S/C52H33N4OP/c57-58(37-21-8-3-9-22-37)46-30-15-12-26-41(46)52(40-25-11-14-29-45(40)56-44-28-13-10-23-38(44)39-24-16-27-42(52)48(39)56)43-33-36(31-32-47(43)58)51-54-49(34-17-4-1-5-18-34)53-50(55-51)35-19-6-2-7-20-35/h1-33H. The Morgan fingerprint density at radius 3 is 1.67 bits per heavy atom. The molecule has 5 nitrogen and oxygen atoms in total. The quantitative estimate of drug-likeness (QED) is 0.168. The first-order chi connectivity index (χ1) is 28.7. The zero-order valence-corrected chi connectivity index (χ0v) is 32.1. The van der Waals surface area contributed by atoms with Crippen molar-refractivity contribution in [3.63, 3.8) is 0 Å². The van der Waals surface area contributed by atoms with Crippen LogP contribution in [0.3, 0.4) is 0 Å². The summed E-state index contributed by atoms with van der Waals surface area (Å²) in [5.74, 6) is 1.74. The SMILES string of the molecule is O=P1(c2ccccc2)c2ccccc2C2(c3ccccc3-n3c4ccccc4c4cccc2c43)c2cc(-c3nc(-c4ccccc4)nc(-c4ccccc4)n3)ccc21. The van der Waals surface area contributed by atoms with Gasteiger partial charge in [0, 0.05) is 43.4 Å². The zero-order chi connectivity index (χ0) is 38.4. The summed E-state index contributed by atoms with van der Waals surface area (Å²) in [6, 6.07) is 69.1. The second-order valence-corrected chi connectivity index (χ2v) is 17.8. The molecule has 0 N–H and O–H groups in total. The predicted octanol–water partition coefficient (Wildman–Crippen LogP) is 10.6. The van der Waals surface area contributed by atoms with Crippen molar-refractivity contribution in [1.29, 1.82) is 0 Å². The third-order valence-corrected chi connectivity index (χ3v) is 15.3. The van der Waals surface area contributed by atoms with E-state index in [0.29, 0.717) is 17.5 Å². The Labute approximate surface area is 335 Å². The molecule has 2 atom stereocenters. The molecule has 0 radical (unpaired) electrons. The number of hydrogen-bond acceptors (Lipinski definition) is 4. The molecule has 10 aromatic rings. The summed E-state index contributed by atoms with van der Waals surface area (Å²) >= 11 is 0. The first kappa shape index (κ1) is 33.0. The first-order valence-corrected chi connectivity index (χ1v) is 21.3. The lowest BCUT2D eigenvalue weighted by Crippen LogP contribution is -2.48. The average molecular weight is 761 g/mol. The van der Waals surface area contributed by atoms with Crippen molar-refractivity contribution in [1.82, 2.24) is 19.5 Å². The molecule has 4 heterocycles. The van der Waals surface area contributed by atoms with E-state index in [1.165, 1.54) is 10.8 Å². The minimum atomic E-state index is -3.43. The van der Waals surface area contributed by atoms with Gasteiger partial charge in [-0.05, 0) is 46.5 Å². The van der Waals surface area contributed by atoms with E-state index in [2.05, 4.69) is 108 Å². The van der Waals surface area contributed by atoms with Gasteiger partial charge in [-0.15, -0.1) is 0 Å². The molecule has 2 aliphatic rings. The summed E-state index contributed by atoms with van der Waals surface area (Å²) in [5.41, 5.74) is 9.48. The fourth-order valence-electron chi connectivity index (χ4n) is 9.73. The van der Waals surface area contributed by atoms with Crippen LogP contribution in [0.1, 0.15) is 22.3 Å². The maximum atomic E-state index is 16.5. The lowest BCUT2D eigenvalue weighted by molar-refractivity contribution is 0.590. The van der Waals surface area contributed by atoms with E-state index in [-0.39, 0.29) is 0 Å². The molecule has 6 heteroatoms. The number of fused-ring (bicyclic) bond motifs is 11. The minimum absolute atomic E-state index is 0.551. The van der Waals surface area contributed by atoms with Gasteiger partial charge in [-0.2, -0.15) is 0 Å². The second kappa shape index (κ2) is 12.4. The van der Waals surface area contributed by atoms with Crippen LogP contribution in [0.25, 0.3) is 61.7 Å². The van der Waals surface area contributed by atoms with Crippen molar-refractivity contribution in [2.75, 3.05) is 0 Å². The Morgan fingerprint density at radius 2 is 0.948 bits per heavy atom. The second-order valence-electron chi connectivity index (χ2n) is 15.1. The average Bonchev–Trinajstić information content (AvgIpc) is 3.65. The number of rotatable bonds is 4. The fourth-order valence-corrected chi connectivity index (χ4v) is 12.9. The summed E-state index contributed by atoms with van der Waals surface area (Å²) in [6.07, 6.45) is 0. The molecule has 8 aromatic carbocycles. The van der Waals surface area contributed by atoms with Crippen molar-refractivity contribution < 1.29 is 4.57 Å². The fraction of sp³-hybridized carbons (Fsp3) is 0.0192. The van der Waals surface area contributed by atoms with Crippen LogP contribution in [0.15, 0.2) is 200 Å². The Balaban J connectivity index is 1.24. The van der Waals surface area contributed by atoms with Crippen LogP contribution in [0.5, 0.6) is 0 Å². The predicted molar refractivity (Wildman–Crippen MR) is 235 cm³/mol. The molecular weight excluding hydrogens is 728 g/mol. The summed E-state index contributed by atoms with van der Waals surface area (Å²) in [5, 5.41) is 4.87. The van der Waals surface area contributed by atoms with E-state index in [0.717, 1.165) is 71.6 Å². The van der Waals surface area contributed by atoms with E-state index >= 15 is 4.57 Å². The molecule has 0 fully saturated rings. The van der Waals surface area contributed by atoms with Crippen molar-refractivity contribution in [2.45, 2.75) is 5.41 Å². The van der Waals surface area contributed by atoms with Gasteiger partial charge >= 0.3 is 0 Å². The largest absolute Gasteiger partial charge is 0.309 e. The van der Waals surface area contributed by atoms with Gasteiger partial charge in [0.15, 0.2) is 24.6 Å². The maximum absolute atomic E-state index is 16.5. The highest BCUT2D eigenvalue weighted by molar-refractivity contribution is 7.85. The Morgan fingerprint density at radius 1 is 0.414 bits per heavy atom. The van der Waals surface area contributed by atoms with Gasteiger partial charge in [-0.3, -0.25) is 0 Å². The lowest BCUT2D eigenvalue weighted by Gasteiger charge is -2.47. The highest BCUT2D eigenvalue weighted by Gasteiger charge is 2.54. The molecule has 0 saturated carbocycles. The van der Waals surface area contributed by atoms with E-state index in [1.807, 2.05) is 97.1 Å². The van der Waals surface area contributed by atoms with Gasteiger partial charge in [0.2, 0.25) is 0 Å². The smallest absolute Gasteiger partial charge is 0.171 e. The molecule has 2 aliphatic heterocycles. The molecule has 2 aromatic heterocycles. The zero-order valence-electron chi connectivity index (χ0n) is 31.2. The van der Waals surface area contributed by atoms with Crippen LogP contribution < -0.4 is 15.9 Å². The van der Waals surface area contributed by atoms with Gasteiger partial charge in [0.05, 0.1) is 22.1 Å². The molecule has 1 spiro atoms. The monoisotopic (exact) mass is 760 g/mol. The van der Waals surface area contributed by atoms with Crippen LogP contribution in [-0.4, -0.2) is 19.5 Å². The topological polar surface area (TPSA) is 60.7 Å². The molecule has 0 amide bonds. The van der Waals surface area contributed by atoms with Gasteiger partial charge in [-0.1, -0.05) is 176 Å². The van der Waals surface area contributed by atoms with Gasteiger partial charge in [-0.25, -0.2) is 15.0 Å². The first-order valence-electron chi connectivity index (χ1n) is 19.6. The molecule has 0 bridgehead atoms. The minimum Gasteiger partial charge on any atom is -0.309 e. The number of para-hydroxylation sites is 3. The number of aromatic nitrogens is 4. The van der Waals surface area contributed by atoms with Gasteiger partial charge < -0.3 is 9.13 Å². The molecule has 272 valence electrons. The van der Waals surface area contributed by atoms with Crippen molar-refractivity contribution in [3.05, 3.63) is 222 Å². The third-order valence-electron chi connectivity index (χ3n) is 12.1. The Kier molecular flexibility index (Phi) is 7.05. The molecule has 0 saturated heterocycles. The van der Waals surface area contributed by atoms with Crippen LogP contribution in [0.2, 0.25) is 0 Å². The molecule has 58 heavy (non-hydrogen) atoms. The highest BCUT2D eigenvalue weighted by Crippen LogP contribution is 2.61. The molecule has 12 rings (SSSR count). The summed E-state index contributed by atoms with van der Waals surface area (Å²) in [7, 11) is -3.43. The number of hydrogen-bond donors (Lipinski definition) is 0. The Bertz CT molecular complexity index is 3270. The van der Waals surface area contributed by atoms with E-state index in [4.69, 9.17) is 15.0 Å². The van der Waals surface area contributed by atoms with Gasteiger partial charge in [0.1, 0.15) is 0 Å².